The number of fused-ring (bicyclic) bond motifs is 1. The molecule has 2 aromatic heterocycles. The van der Waals surface area contributed by atoms with E-state index in [0.29, 0.717) is 28.0 Å². The lowest BCUT2D eigenvalue weighted by Gasteiger charge is -2.24. The number of anilines is 1. The van der Waals surface area contributed by atoms with E-state index >= 15 is 0 Å². The third-order valence-corrected chi connectivity index (χ3v) is 7.11. The first-order valence-electron chi connectivity index (χ1n) is 11.0. The number of aromatic nitrogens is 1. The van der Waals surface area contributed by atoms with Crippen molar-refractivity contribution in [2.75, 3.05) is 19.1 Å². The van der Waals surface area contributed by atoms with Crippen molar-refractivity contribution in [2.24, 2.45) is 0 Å². The van der Waals surface area contributed by atoms with Crippen molar-refractivity contribution in [3.63, 3.8) is 0 Å². The molecular formula is C26H20N2O8S. The van der Waals surface area contributed by atoms with Crippen LogP contribution in [0, 0.1) is 6.92 Å². The van der Waals surface area contributed by atoms with Gasteiger partial charge >= 0.3 is 5.97 Å². The van der Waals surface area contributed by atoms with E-state index in [2.05, 4.69) is 4.98 Å². The van der Waals surface area contributed by atoms with E-state index in [9.17, 15) is 24.6 Å². The number of nitrogens with zero attached hydrogens (tertiary/aromatic N) is 2. The van der Waals surface area contributed by atoms with Crippen LogP contribution in [0.1, 0.15) is 37.5 Å². The van der Waals surface area contributed by atoms with Crippen LogP contribution in [-0.2, 0) is 9.53 Å². The van der Waals surface area contributed by atoms with Crippen molar-refractivity contribution in [2.45, 2.75) is 13.0 Å². The summed E-state index contributed by atoms with van der Waals surface area (Å²) in [6, 6.07) is 11.4. The lowest BCUT2D eigenvalue weighted by atomic mass is 9.95. The number of ketones is 1. The van der Waals surface area contributed by atoms with Crippen LogP contribution in [0.2, 0.25) is 0 Å². The molecule has 1 atom stereocenters. The second kappa shape index (κ2) is 9.10. The molecule has 11 heteroatoms. The molecule has 5 rings (SSSR count). The summed E-state index contributed by atoms with van der Waals surface area (Å²) in [6.07, 6.45) is 0. The Kier molecular flexibility index (Phi) is 5.92. The maximum atomic E-state index is 13.8. The molecule has 0 bridgehead atoms. The van der Waals surface area contributed by atoms with Gasteiger partial charge in [0.15, 0.2) is 28.0 Å². The molecule has 0 fully saturated rings. The quantitative estimate of drug-likeness (QED) is 0.278. The molecule has 4 aromatic rings. The molecule has 1 amide bonds. The minimum absolute atomic E-state index is 0.0249. The highest BCUT2D eigenvalue weighted by Crippen LogP contribution is 2.44. The Morgan fingerprint density at radius 2 is 1.84 bits per heavy atom. The number of amides is 1. The highest BCUT2D eigenvalue weighted by Gasteiger charge is 2.47. The Morgan fingerprint density at radius 1 is 1.11 bits per heavy atom. The second-order valence-corrected chi connectivity index (χ2v) is 9.13. The van der Waals surface area contributed by atoms with Crippen molar-refractivity contribution in [1.82, 2.24) is 4.98 Å². The topological polar surface area (TPSA) is 139 Å². The van der Waals surface area contributed by atoms with Gasteiger partial charge in [0.1, 0.15) is 10.6 Å². The van der Waals surface area contributed by atoms with Crippen LogP contribution in [0.4, 0.5) is 5.13 Å². The number of aryl methyl sites for hydroxylation is 1. The van der Waals surface area contributed by atoms with Gasteiger partial charge in [0.05, 0.1) is 31.5 Å². The number of carbonyl (C=O) groups is 3. The number of furan rings is 1. The highest BCUT2D eigenvalue weighted by molar-refractivity contribution is 7.17. The fourth-order valence-electron chi connectivity index (χ4n) is 4.22. The first kappa shape index (κ1) is 24.1. The smallest absolute Gasteiger partial charge is 0.350 e. The van der Waals surface area contributed by atoms with Crippen LogP contribution in [0.3, 0.4) is 0 Å². The molecule has 2 aromatic carbocycles. The zero-order valence-corrected chi connectivity index (χ0v) is 20.7. The molecule has 1 aliphatic rings. The molecule has 0 radical (unpaired) electrons. The van der Waals surface area contributed by atoms with Crippen molar-refractivity contribution >= 4 is 45.1 Å². The molecule has 2 N–H and O–H groups in total. The molecule has 1 unspecified atom stereocenters. The molecule has 1 aliphatic heterocycles. The molecule has 0 aliphatic carbocycles. The standard InChI is InChI=1S/C26H20N2O8S/c1-12-23(25(33)35-3)37-26(27-12)28-19(13-7-9-15(29)10-8-13)18(21(31)24(28)32)20(30)17-11-14-5-4-6-16(34-2)22(14)36-17/h4-11,19,29,31H,1-3H3. The predicted octanol–water partition coefficient (Wildman–Crippen LogP) is 4.48. The predicted molar refractivity (Wildman–Crippen MR) is 133 cm³/mol. The monoisotopic (exact) mass is 520 g/mol. The fraction of sp³-hybridized carbons (Fsp3) is 0.154. The average Bonchev–Trinajstić information content (AvgIpc) is 3.57. The van der Waals surface area contributed by atoms with Gasteiger partial charge in [-0.3, -0.25) is 14.5 Å². The first-order valence-corrected chi connectivity index (χ1v) is 11.8. The number of carbonyl (C=O) groups excluding carboxylic acids is 3. The van der Waals surface area contributed by atoms with Crippen molar-refractivity contribution < 1.29 is 38.5 Å². The number of hydrogen-bond donors (Lipinski definition) is 2. The summed E-state index contributed by atoms with van der Waals surface area (Å²) in [5.74, 6) is -2.70. The summed E-state index contributed by atoms with van der Waals surface area (Å²) >= 11 is 0.896. The number of aromatic hydroxyl groups is 1. The van der Waals surface area contributed by atoms with Gasteiger partial charge in [0, 0.05) is 5.39 Å². The SMILES string of the molecule is COC(=O)c1sc(N2C(=O)C(O)=C(C(=O)c3cc4cccc(OC)c4o3)C2c2ccc(O)cc2)nc1C. The number of para-hydroxylation sites is 1. The average molecular weight is 521 g/mol. The van der Waals surface area contributed by atoms with Gasteiger partial charge in [0.25, 0.3) is 5.91 Å². The van der Waals surface area contributed by atoms with Gasteiger partial charge in [-0.1, -0.05) is 35.6 Å². The minimum Gasteiger partial charge on any atom is -0.508 e. The Hall–Kier alpha value is -4.64. The van der Waals surface area contributed by atoms with Crippen molar-refractivity contribution in [3.8, 4) is 11.5 Å². The number of thiazole rings is 1. The van der Waals surface area contributed by atoms with E-state index in [1.807, 2.05) is 0 Å². The molecule has 0 spiro atoms. The molecular weight excluding hydrogens is 500 g/mol. The van der Waals surface area contributed by atoms with Crippen LogP contribution < -0.4 is 9.64 Å². The van der Waals surface area contributed by atoms with Crippen LogP contribution in [0.15, 0.2) is 64.3 Å². The molecule has 37 heavy (non-hydrogen) atoms. The number of ether oxygens (including phenoxy) is 2. The lowest BCUT2D eigenvalue weighted by molar-refractivity contribution is -0.117. The zero-order valence-electron chi connectivity index (χ0n) is 19.8. The number of aliphatic hydroxyl groups is 1. The van der Waals surface area contributed by atoms with E-state index in [-0.39, 0.29) is 27.1 Å². The Bertz CT molecular complexity index is 1600. The number of aliphatic hydroxyl groups excluding tert-OH is 1. The van der Waals surface area contributed by atoms with Crippen LogP contribution in [0.25, 0.3) is 11.0 Å². The van der Waals surface area contributed by atoms with E-state index in [0.717, 1.165) is 16.2 Å². The molecule has 10 nitrogen and oxygen atoms in total. The molecule has 188 valence electrons. The Labute approximate surface area is 214 Å². The van der Waals surface area contributed by atoms with E-state index in [4.69, 9.17) is 13.9 Å². The fourth-order valence-corrected chi connectivity index (χ4v) is 5.23. The molecule has 3 heterocycles. The first-order chi connectivity index (χ1) is 17.7. The van der Waals surface area contributed by atoms with Crippen LogP contribution in [-0.4, -0.2) is 47.1 Å². The number of rotatable bonds is 6. The largest absolute Gasteiger partial charge is 0.508 e. The summed E-state index contributed by atoms with van der Waals surface area (Å²) in [7, 11) is 2.70. The molecule has 0 saturated carbocycles. The van der Waals surface area contributed by atoms with E-state index in [1.54, 1.807) is 25.1 Å². The Balaban J connectivity index is 1.65. The summed E-state index contributed by atoms with van der Waals surface area (Å²) in [5.41, 5.74) is 0.850. The number of hydrogen-bond acceptors (Lipinski definition) is 10. The van der Waals surface area contributed by atoms with Gasteiger partial charge in [-0.05, 0) is 36.8 Å². The lowest BCUT2D eigenvalue weighted by Crippen LogP contribution is -2.31. The van der Waals surface area contributed by atoms with Gasteiger partial charge < -0.3 is 24.1 Å². The number of phenols is 1. The summed E-state index contributed by atoms with van der Waals surface area (Å²) in [6.45, 7) is 1.59. The van der Waals surface area contributed by atoms with Crippen molar-refractivity contribution in [3.05, 3.63) is 81.8 Å². The maximum Gasteiger partial charge on any atom is 0.350 e. The third-order valence-electron chi connectivity index (χ3n) is 5.98. The summed E-state index contributed by atoms with van der Waals surface area (Å²) in [5, 5.41) is 21.4. The van der Waals surface area contributed by atoms with Crippen LogP contribution >= 0.6 is 11.3 Å². The van der Waals surface area contributed by atoms with Crippen molar-refractivity contribution in [1.29, 1.82) is 0 Å². The normalized spacial score (nSPS) is 15.5. The number of phenolic OH excluding ortho intramolecular Hbond substituents is 1. The van der Waals surface area contributed by atoms with E-state index < -0.39 is 29.5 Å². The van der Waals surface area contributed by atoms with Gasteiger partial charge in [-0.2, -0.15) is 0 Å². The number of Topliss-reactive ketones (excluding diaryl/α,β-unsaturated/α-hetero) is 1. The van der Waals surface area contributed by atoms with Crippen LogP contribution in [0.5, 0.6) is 11.5 Å². The Morgan fingerprint density at radius 3 is 2.51 bits per heavy atom. The zero-order chi connectivity index (χ0) is 26.4. The number of esters is 1. The third kappa shape index (κ3) is 3.89. The van der Waals surface area contributed by atoms with Gasteiger partial charge in [-0.25, -0.2) is 9.78 Å². The number of benzene rings is 2. The van der Waals surface area contributed by atoms with Gasteiger partial charge in [-0.15, -0.1) is 0 Å². The second-order valence-electron chi connectivity index (χ2n) is 8.15. The maximum absolute atomic E-state index is 13.8. The summed E-state index contributed by atoms with van der Waals surface area (Å²) in [4.78, 5) is 44.9. The van der Waals surface area contributed by atoms with Gasteiger partial charge in [0.2, 0.25) is 5.78 Å². The number of methoxy groups -OCH3 is 2. The highest BCUT2D eigenvalue weighted by atomic mass is 32.1. The minimum atomic E-state index is -1.12. The summed E-state index contributed by atoms with van der Waals surface area (Å²) < 4.78 is 15.9. The molecule has 0 saturated heterocycles. The van der Waals surface area contributed by atoms with E-state index in [1.165, 1.54) is 44.6 Å².